The number of ketones is 1. The number of carbonyl (C=O) groups is 3. The van der Waals surface area contributed by atoms with Crippen molar-refractivity contribution in [1.29, 1.82) is 0 Å². The van der Waals surface area contributed by atoms with Crippen LogP contribution in [0.3, 0.4) is 0 Å². The Balaban J connectivity index is 1.88. The minimum atomic E-state index is -0.838. The molecule has 1 amide bonds. The van der Waals surface area contributed by atoms with Crippen LogP contribution in [-0.2, 0) is 9.59 Å². The van der Waals surface area contributed by atoms with Crippen LogP contribution in [0.15, 0.2) is 76.8 Å². The first-order valence-corrected chi connectivity index (χ1v) is 8.32. The smallest absolute Gasteiger partial charge is 0.256 e. The molecule has 0 spiro atoms. The van der Waals surface area contributed by atoms with Gasteiger partial charge in [0.15, 0.2) is 6.29 Å². The highest BCUT2D eigenvalue weighted by Gasteiger charge is 2.16. The van der Waals surface area contributed by atoms with Crippen LogP contribution in [0, 0.1) is 6.92 Å². The number of allylic oxidation sites excluding steroid dienone is 1. The molecule has 1 heterocycles. The summed E-state index contributed by atoms with van der Waals surface area (Å²) in [5.41, 5.74) is 1.92. The highest BCUT2D eigenvalue weighted by molar-refractivity contribution is 6.34. The summed E-state index contributed by atoms with van der Waals surface area (Å²) in [6, 6.07) is 19.9. The minimum Gasteiger partial charge on any atom is -0.457 e. The van der Waals surface area contributed by atoms with Gasteiger partial charge in [0.2, 0.25) is 5.78 Å². The molecule has 0 saturated carbocycles. The van der Waals surface area contributed by atoms with Gasteiger partial charge in [-0.15, -0.1) is 0 Å². The van der Waals surface area contributed by atoms with Gasteiger partial charge >= 0.3 is 0 Å². The van der Waals surface area contributed by atoms with Gasteiger partial charge in [0.25, 0.3) is 5.91 Å². The van der Waals surface area contributed by atoms with E-state index in [4.69, 9.17) is 4.42 Å². The number of furan rings is 1. The molecule has 1 N–H and O–H groups in total. The van der Waals surface area contributed by atoms with Crippen LogP contribution in [-0.4, -0.2) is 18.0 Å². The van der Waals surface area contributed by atoms with Gasteiger partial charge in [-0.3, -0.25) is 14.4 Å². The number of rotatable bonds is 6. The van der Waals surface area contributed by atoms with Crippen molar-refractivity contribution in [3.8, 4) is 11.3 Å². The summed E-state index contributed by atoms with van der Waals surface area (Å²) in [4.78, 5) is 35.4. The van der Waals surface area contributed by atoms with Crippen molar-refractivity contribution >= 4 is 24.1 Å². The number of aldehydes is 1. The highest BCUT2D eigenvalue weighted by atomic mass is 16.3. The van der Waals surface area contributed by atoms with Crippen molar-refractivity contribution < 1.29 is 18.8 Å². The fourth-order valence-electron chi connectivity index (χ4n) is 2.58. The maximum atomic E-state index is 12.5. The van der Waals surface area contributed by atoms with Crippen molar-refractivity contribution in [2.24, 2.45) is 0 Å². The summed E-state index contributed by atoms with van der Waals surface area (Å²) >= 11 is 0. The van der Waals surface area contributed by atoms with Gasteiger partial charge in [-0.1, -0.05) is 48.5 Å². The molecule has 0 unspecified atom stereocenters. The molecular weight excluding hydrogens is 342 g/mol. The van der Waals surface area contributed by atoms with E-state index >= 15 is 0 Å². The molecule has 27 heavy (non-hydrogen) atoms. The molecular formula is C22H17NO4. The largest absolute Gasteiger partial charge is 0.457 e. The van der Waals surface area contributed by atoms with Crippen LogP contribution in [0.1, 0.15) is 21.7 Å². The quantitative estimate of drug-likeness (QED) is 0.413. The molecule has 0 radical (unpaired) electrons. The number of nitrogens with one attached hydrogen (secondary N) is 1. The van der Waals surface area contributed by atoms with Crippen LogP contribution in [0.2, 0.25) is 0 Å². The lowest BCUT2D eigenvalue weighted by atomic mass is 10.1. The molecule has 5 nitrogen and oxygen atoms in total. The van der Waals surface area contributed by atoms with Crippen LogP contribution in [0.5, 0.6) is 0 Å². The van der Waals surface area contributed by atoms with Crippen LogP contribution < -0.4 is 5.32 Å². The van der Waals surface area contributed by atoms with Crippen molar-refractivity contribution in [1.82, 2.24) is 5.32 Å². The monoisotopic (exact) mass is 359 g/mol. The molecule has 0 fully saturated rings. The fourth-order valence-corrected chi connectivity index (χ4v) is 2.58. The molecule has 3 rings (SSSR count). The zero-order valence-electron chi connectivity index (χ0n) is 14.6. The van der Waals surface area contributed by atoms with E-state index in [2.05, 4.69) is 5.32 Å². The van der Waals surface area contributed by atoms with Crippen molar-refractivity contribution in [2.45, 2.75) is 6.92 Å². The summed E-state index contributed by atoms with van der Waals surface area (Å²) in [6.07, 6.45) is 1.50. The molecule has 0 aliphatic rings. The van der Waals surface area contributed by atoms with E-state index in [-0.39, 0.29) is 12.0 Å². The highest BCUT2D eigenvalue weighted by Crippen LogP contribution is 2.23. The van der Waals surface area contributed by atoms with E-state index in [1.807, 2.05) is 36.4 Å². The second kappa shape index (κ2) is 8.10. The number of carbonyl (C=O) groups excluding carboxylic acids is 3. The third-order valence-corrected chi connectivity index (χ3v) is 3.98. The Labute approximate surface area is 156 Å². The van der Waals surface area contributed by atoms with Gasteiger partial charge < -0.3 is 9.73 Å². The Morgan fingerprint density at radius 3 is 2.33 bits per heavy atom. The van der Waals surface area contributed by atoms with Gasteiger partial charge in [0, 0.05) is 17.2 Å². The zero-order chi connectivity index (χ0) is 19.2. The lowest BCUT2D eigenvalue weighted by molar-refractivity contribution is -0.127. The summed E-state index contributed by atoms with van der Waals surface area (Å²) < 4.78 is 5.71. The molecule has 0 atom stereocenters. The zero-order valence-corrected chi connectivity index (χ0v) is 14.6. The van der Waals surface area contributed by atoms with Gasteiger partial charge in [-0.05, 0) is 30.7 Å². The molecule has 3 aromatic rings. The predicted octanol–water partition coefficient (Wildman–Crippen LogP) is 3.79. The van der Waals surface area contributed by atoms with E-state index in [0.717, 1.165) is 11.1 Å². The van der Waals surface area contributed by atoms with E-state index in [1.54, 1.807) is 37.3 Å². The lowest BCUT2D eigenvalue weighted by Crippen LogP contribution is -2.28. The molecule has 2 aromatic carbocycles. The normalized spacial score (nSPS) is 11.1. The number of Topliss-reactive ketones (excluding diaryl/α,β-unsaturated/α-hetero) is 1. The van der Waals surface area contributed by atoms with Gasteiger partial charge in [0.1, 0.15) is 11.5 Å². The van der Waals surface area contributed by atoms with Crippen LogP contribution >= 0.6 is 0 Å². The summed E-state index contributed by atoms with van der Waals surface area (Å²) in [5, 5.41) is 2.50. The van der Waals surface area contributed by atoms with E-state index in [1.165, 1.54) is 6.08 Å². The Morgan fingerprint density at radius 2 is 1.63 bits per heavy atom. The fraction of sp³-hybridized carbons (Fsp3) is 0.0455. The summed E-state index contributed by atoms with van der Waals surface area (Å²) in [5.74, 6) is -0.340. The van der Waals surface area contributed by atoms with Crippen molar-refractivity contribution in [3.63, 3.8) is 0 Å². The minimum absolute atomic E-state index is 0.146. The Morgan fingerprint density at radius 1 is 0.926 bits per heavy atom. The standard InChI is InChI=1S/C22H17NO4/c1-15-7-5-6-10-18(15)22(26)23-19(20(25)14-24)13-17-11-12-21(27-17)16-8-3-2-4-9-16/h2-14H,1H3,(H,23,26)/b19-13-. The molecule has 1 aromatic heterocycles. The average molecular weight is 359 g/mol. The number of benzene rings is 2. The maximum Gasteiger partial charge on any atom is 0.256 e. The second-order valence-corrected chi connectivity index (χ2v) is 5.88. The van der Waals surface area contributed by atoms with E-state index in [0.29, 0.717) is 17.1 Å². The van der Waals surface area contributed by atoms with Crippen LogP contribution in [0.25, 0.3) is 17.4 Å². The van der Waals surface area contributed by atoms with Crippen molar-refractivity contribution in [3.05, 3.63) is 89.3 Å². The molecule has 0 bridgehead atoms. The van der Waals surface area contributed by atoms with E-state index < -0.39 is 11.7 Å². The number of amides is 1. The second-order valence-electron chi connectivity index (χ2n) is 5.88. The van der Waals surface area contributed by atoms with Gasteiger partial charge in [0.05, 0.1) is 5.70 Å². The number of hydrogen-bond donors (Lipinski definition) is 1. The average Bonchev–Trinajstić information content (AvgIpc) is 3.16. The Bertz CT molecular complexity index is 1020. The number of hydrogen-bond acceptors (Lipinski definition) is 4. The molecule has 0 aliphatic heterocycles. The summed E-state index contributed by atoms with van der Waals surface area (Å²) in [6.45, 7) is 1.79. The Kier molecular flexibility index (Phi) is 5.42. The maximum absolute atomic E-state index is 12.5. The van der Waals surface area contributed by atoms with Crippen LogP contribution in [0.4, 0.5) is 0 Å². The van der Waals surface area contributed by atoms with Gasteiger partial charge in [-0.2, -0.15) is 0 Å². The predicted molar refractivity (Wildman–Crippen MR) is 102 cm³/mol. The van der Waals surface area contributed by atoms with Gasteiger partial charge in [-0.25, -0.2) is 0 Å². The van der Waals surface area contributed by atoms with E-state index in [9.17, 15) is 14.4 Å². The summed E-state index contributed by atoms with van der Waals surface area (Å²) in [7, 11) is 0. The third kappa shape index (κ3) is 4.27. The SMILES string of the molecule is Cc1ccccc1C(=O)N/C(=C\c1ccc(-c2ccccc2)o1)C(=O)C=O. The first-order valence-electron chi connectivity index (χ1n) is 8.32. The topological polar surface area (TPSA) is 76.4 Å². The molecule has 5 heteroatoms. The number of aryl methyl sites for hydroxylation is 1. The Hall–Kier alpha value is -3.73. The first kappa shape index (κ1) is 18.1. The third-order valence-electron chi connectivity index (χ3n) is 3.98. The molecule has 134 valence electrons. The molecule has 0 aliphatic carbocycles. The first-order chi connectivity index (χ1) is 13.1. The van der Waals surface area contributed by atoms with Crippen molar-refractivity contribution in [2.75, 3.05) is 0 Å². The molecule has 0 saturated heterocycles. The lowest BCUT2D eigenvalue weighted by Gasteiger charge is -2.08.